The van der Waals surface area contributed by atoms with Crippen molar-refractivity contribution in [2.75, 3.05) is 14.2 Å². The first-order chi connectivity index (χ1) is 9.26. The van der Waals surface area contributed by atoms with Gasteiger partial charge in [-0.2, -0.15) is 0 Å². The van der Waals surface area contributed by atoms with Crippen LogP contribution in [0.5, 0.6) is 5.75 Å². The van der Waals surface area contributed by atoms with Gasteiger partial charge in [0.2, 0.25) is 0 Å². The van der Waals surface area contributed by atoms with E-state index in [1.54, 1.807) is 18.9 Å². The van der Waals surface area contributed by atoms with Crippen molar-refractivity contribution in [2.45, 2.75) is 22.8 Å². The van der Waals surface area contributed by atoms with E-state index in [-0.39, 0.29) is 0 Å². The van der Waals surface area contributed by atoms with E-state index in [9.17, 15) is 0 Å². The van der Waals surface area contributed by atoms with Gasteiger partial charge in [-0.15, -0.1) is 0 Å². The molecular formula is C16H19NOS. The number of para-hydroxylation sites is 1. The summed E-state index contributed by atoms with van der Waals surface area (Å²) in [6.45, 7) is 2.17. The van der Waals surface area contributed by atoms with Crippen LogP contribution in [0.3, 0.4) is 0 Å². The number of hydrogen-bond acceptors (Lipinski definition) is 3. The maximum atomic E-state index is 5.41. The smallest absolute Gasteiger partial charge is 0.132 e. The van der Waals surface area contributed by atoms with Crippen molar-refractivity contribution >= 4 is 11.8 Å². The highest BCUT2D eigenvalue weighted by molar-refractivity contribution is 7.99. The third kappa shape index (κ3) is 3.31. The number of rotatable bonds is 5. The van der Waals surface area contributed by atoms with Gasteiger partial charge in [0.05, 0.1) is 12.0 Å². The van der Waals surface area contributed by atoms with Gasteiger partial charge in [0.15, 0.2) is 0 Å². The molecule has 2 rings (SSSR count). The number of benzene rings is 2. The minimum Gasteiger partial charge on any atom is -0.496 e. The second kappa shape index (κ2) is 6.64. The molecule has 0 aliphatic heterocycles. The normalized spacial score (nSPS) is 12.2. The lowest BCUT2D eigenvalue weighted by Crippen LogP contribution is -2.13. The van der Waals surface area contributed by atoms with E-state index in [1.807, 2.05) is 25.2 Å². The highest BCUT2D eigenvalue weighted by Crippen LogP contribution is 2.37. The first kappa shape index (κ1) is 14.0. The Balaban J connectivity index is 2.33. The van der Waals surface area contributed by atoms with Crippen LogP contribution in [0.25, 0.3) is 0 Å². The average molecular weight is 273 g/mol. The van der Waals surface area contributed by atoms with Gasteiger partial charge in [-0.3, -0.25) is 0 Å². The van der Waals surface area contributed by atoms with E-state index in [0.29, 0.717) is 6.04 Å². The number of methoxy groups -OCH3 is 1. The zero-order chi connectivity index (χ0) is 13.7. The van der Waals surface area contributed by atoms with E-state index in [4.69, 9.17) is 4.74 Å². The van der Waals surface area contributed by atoms with Crippen LogP contribution in [0.1, 0.15) is 18.5 Å². The van der Waals surface area contributed by atoms with Gasteiger partial charge < -0.3 is 10.1 Å². The summed E-state index contributed by atoms with van der Waals surface area (Å²) in [6.07, 6.45) is 0. The Bertz CT molecular complexity index is 542. The lowest BCUT2D eigenvalue weighted by Gasteiger charge is -2.16. The zero-order valence-corrected chi connectivity index (χ0v) is 12.3. The molecule has 0 radical (unpaired) electrons. The summed E-state index contributed by atoms with van der Waals surface area (Å²) in [5.74, 6) is 0.916. The number of nitrogens with one attached hydrogen (secondary N) is 1. The molecule has 2 aromatic rings. The molecule has 0 bridgehead atoms. The Morgan fingerprint density at radius 2 is 1.63 bits per heavy atom. The van der Waals surface area contributed by atoms with E-state index < -0.39 is 0 Å². The molecule has 19 heavy (non-hydrogen) atoms. The molecule has 0 spiro atoms. The summed E-state index contributed by atoms with van der Waals surface area (Å²) in [7, 11) is 3.69. The van der Waals surface area contributed by atoms with Crippen LogP contribution < -0.4 is 10.1 Å². The van der Waals surface area contributed by atoms with Crippen LogP contribution in [0.4, 0.5) is 0 Å². The summed E-state index contributed by atoms with van der Waals surface area (Å²) in [5.41, 5.74) is 1.31. The van der Waals surface area contributed by atoms with Crippen molar-refractivity contribution in [1.82, 2.24) is 5.32 Å². The third-order valence-electron chi connectivity index (χ3n) is 3.11. The fourth-order valence-electron chi connectivity index (χ4n) is 1.91. The standard InChI is InChI=1S/C16H19NOS/c1-12(17-2)13-8-4-6-10-15(13)19-16-11-7-5-9-14(16)18-3/h4-12,17H,1-3H3. The maximum absolute atomic E-state index is 5.41. The third-order valence-corrected chi connectivity index (χ3v) is 4.26. The van der Waals surface area contributed by atoms with Crippen molar-refractivity contribution in [1.29, 1.82) is 0 Å². The monoisotopic (exact) mass is 273 g/mol. The van der Waals surface area contributed by atoms with E-state index in [2.05, 4.69) is 42.6 Å². The molecule has 0 amide bonds. The highest BCUT2D eigenvalue weighted by atomic mass is 32.2. The van der Waals surface area contributed by atoms with E-state index in [1.165, 1.54) is 10.5 Å². The largest absolute Gasteiger partial charge is 0.496 e. The molecule has 0 aliphatic rings. The molecule has 2 nitrogen and oxygen atoms in total. The molecule has 100 valence electrons. The van der Waals surface area contributed by atoms with E-state index >= 15 is 0 Å². The van der Waals surface area contributed by atoms with Gasteiger partial charge in [-0.1, -0.05) is 42.1 Å². The summed E-state index contributed by atoms with van der Waals surface area (Å²) in [5, 5.41) is 3.29. The molecule has 0 saturated heterocycles. The Labute approximate surface area is 119 Å². The quantitative estimate of drug-likeness (QED) is 0.885. The summed E-state index contributed by atoms with van der Waals surface area (Å²) < 4.78 is 5.41. The zero-order valence-electron chi connectivity index (χ0n) is 11.5. The van der Waals surface area contributed by atoms with Gasteiger partial charge in [0, 0.05) is 10.9 Å². The lowest BCUT2D eigenvalue weighted by molar-refractivity contribution is 0.405. The van der Waals surface area contributed by atoms with Crippen molar-refractivity contribution in [3.8, 4) is 5.75 Å². The van der Waals surface area contributed by atoms with Crippen LogP contribution in [0.15, 0.2) is 58.3 Å². The predicted molar refractivity (Wildman–Crippen MR) is 81.0 cm³/mol. The van der Waals surface area contributed by atoms with Crippen molar-refractivity contribution in [2.24, 2.45) is 0 Å². The molecule has 1 N–H and O–H groups in total. The molecule has 0 heterocycles. The van der Waals surface area contributed by atoms with Crippen molar-refractivity contribution in [3.05, 3.63) is 54.1 Å². The molecule has 3 heteroatoms. The molecule has 1 unspecified atom stereocenters. The van der Waals surface area contributed by atoms with Gasteiger partial charge in [-0.05, 0) is 37.7 Å². The van der Waals surface area contributed by atoms with Crippen LogP contribution in [0.2, 0.25) is 0 Å². The van der Waals surface area contributed by atoms with Gasteiger partial charge in [0.1, 0.15) is 5.75 Å². The summed E-state index contributed by atoms with van der Waals surface area (Å²) >= 11 is 1.74. The predicted octanol–water partition coefficient (Wildman–Crippen LogP) is 4.13. The lowest BCUT2D eigenvalue weighted by atomic mass is 10.1. The first-order valence-corrected chi connectivity index (χ1v) is 7.15. The topological polar surface area (TPSA) is 21.3 Å². The Kier molecular flexibility index (Phi) is 4.88. The second-order valence-electron chi connectivity index (χ2n) is 4.30. The first-order valence-electron chi connectivity index (χ1n) is 6.33. The highest BCUT2D eigenvalue weighted by Gasteiger charge is 2.11. The second-order valence-corrected chi connectivity index (χ2v) is 5.38. The van der Waals surface area contributed by atoms with Crippen LogP contribution in [-0.4, -0.2) is 14.2 Å². The summed E-state index contributed by atoms with van der Waals surface area (Å²) in [6, 6.07) is 16.9. The molecule has 2 aromatic carbocycles. The van der Waals surface area contributed by atoms with Gasteiger partial charge in [0.25, 0.3) is 0 Å². The molecule has 0 saturated carbocycles. The van der Waals surface area contributed by atoms with Crippen molar-refractivity contribution in [3.63, 3.8) is 0 Å². The molecule has 0 aliphatic carbocycles. The Morgan fingerprint density at radius 3 is 2.32 bits per heavy atom. The van der Waals surface area contributed by atoms with Gasteiger partial charge >= 0.3 is 0 Å². The van der Waals surface area contributed by atoms with Crippen molar-refractivity contribution < 1.29 is 4.74 Å². The van der Waals surface area contributed by atoms with Crippen LogP contribution in [0, 0.1) is 0 Å². The molecular weight excluding hydrogens is 254 g/mol. The fourth-order valence-corrected chi connectivity index (χ4v) is 3.05. The minimum atomic E-state index is 0.332. The maximum Gasteiger partial charge on any atom is 0.132 e. The number of hydrogen-bond donors (Lipinski definition) is 1. The molecule has 0 aromatic heterocycles. The van der Waals surface area contributed by atoms with Crippen LogP contribution in [-0.2, 0) is 0 Å². The molecule has 0 fully saturated rings. The summed E-state index contributed by atoms with van der Waals surface area (Å²) in [4.78, 5) is 2.40. The number of ether oxygens (including phenoxy) is 1. The molecule has 1 atom stereocenters. The average Bonchev–Trinajstić information content (AvgIpc) is 2.47. The van der Waals surface area contributed by atoms with E-state index in [0.717, 1.165) is 10.6 Å². The fraction of sp³-hybridized carbons (Fsp3) is 0.250. The Hall–Kier alpha value is -1.45. The minimum absolute atomic E-state index is 0.332. The SMILES string of the molecule is CNC(C)c1ccccc1Sc1ccccc1OC. The van der Waals surface area contributed by atoms with Crippen LogP contribution >= 0.6 is 11.8 Å². The Morgan fingerprint density at radius 1 is 1.00 bits per heavy atom. The van der Waals surface area contributed by atoms with Gasteiger partial charge in [-0.25, -0.2) is 0 Å².